The number of furan rings is 1. The third kappa shape index (κ3) is 3.66. The molecule has 0 radical (unpaired) electrons. The fourth-order valence-electron chi connectivity index (χ4n) is 3.46. The van der Waals surface area contributed by atoms with Gasteiger partial charge in [0.25, 0.3) is 0 Å². The van der Waals surface area contributed by atoms with Crippen LogP contribution in [0.3, 0.4) is 0 Å². The van der Waals surface area contributed by atoms with Gasteiger partial charge in [0.05, 0.1) is 10.8 Å². The first-order valence-electron chi connectivity index (χ1n) is 8.99. The van der Waals surface area contributed by atoms with Crippen LogP contribution < -0.4 is 5.32 Å². The molecule has 1 atom stereocenters. The van der Waals surface area contributed by atoms with Gasteiger partial charge in [-0.25, -0.2) is 0 Å². The average molecular weight is 370 g/mol. The molecule has 136 valence electrons. The lowest BCUT2D eigenvalue weighted by atomic mass is 10.1. The van der Waals surface area contributed by atoms with Crippen molar-refractivity contribution in [3.63, 3.8) is 0 Å². The Morgan fingerprint density at radius 1 is 1.08 bits per heavy atom. The maximum absolute atomic E-state index is 12.6. The van der Waals surface area contributed by atoms with E-state index in [-0.39, 0.29) is 11.7 Å². The smallest absolute Gasteiger partial charge is 0.233 e. The molecule has 1 fully saturated rings. The molecule has 4 rings (SSSR count). The number of fused-ring (bicyclic) bond motifs is 3. The minimum atomic E-state index is -1.37. The summed E-state index contributed by atoms with van der Waals surface area (Å²) < 4.78 is 18.4. The highest BCUT2D eigenvalue weighted by Crippen LogP contribution is 2.29. The lowest BCUT2D eigenvalue weighted by molar-refractivity contribution is -0.118. The molecule has 1 amide bonds. The molecule has 0 spiro atoms. The number of rotatable bonds is 6. The fourth-order valence-corrected chi connectivity index (χ4v) is 4.44. The molecule has 5 nitrogen and oxygen atoms in total. The van der Waals surface area contributed by atoms with Crippen LogP contribution in [0.1, 0.15) is 12.8 Å². The van der Waals surface area contributed by atoms with E-state index in [1.807, 2.05) is 36.4 Å². The zero-order valence-corrected chi connectivity index (χ0v) is 15.4. The number of likely N-dealkylation sites (tertiary alicyclic amines) is 1. The molecule has 6 heteroatoms. The lowest BCUT2D eigenvalue weighted by Crippen LogP contribution is -2.35. The van der Waals surface area contributed by atoms with E-state index in [1.165, 1.54) is 12.8 Å². The van der Waals surface area contributed by atoms with Crippen molar-refractivity contribution in [1.29, 1.82) is 0 Å². The molecule has 26 heavy (non-hydrogen) atoms. The van der Waals surface area contributed by atoms with E-state index in [0.717, 1.165) is 41.6 Å². The van der Waals surface area contributed by atoms with E-state index in [0.29, 0.717) is 11.4 Å². The van der Waals surface area contributed by atoms with Gasteiger partial charge >= 0.3 is 0 Å². The molecule has 0 saturated carbocycles. The molecule has 1 N–H and O–H groups in total. The highest BCUT2D eigenvalue weighted by molar-refractivity contribution is 7.85. The highest BCUT2D eigenvalue weighted by Gasteiger charge is 2.14. The lowest BCUT2D eigenvalue weighted by Gasteiger charge is -2.14. The topological polar surface area (TPSA) is 62.6 Å². The minimum Gasteiger partial charge on any atom is -0.456 e. The van der Waals surface area contributed by atoms with Gasteiger partial charge in [-0.15, -0.1) is 0 Å². The van der Waals surface area contributed by atoms with Crippen LogP contribution in [0.25, 0.3) is 21.9 Å². The van der Waals surface area contributed by atoms with Crippen molar-refractivity contribution in [2.75, 3.05) is 31.9 Å². The van der Waals surface area contributed by atoms with Crippen LogP contribution in [0.5, 0.6) is 0 Å². The number of benzene rings is 2. The Morgan fingerprint density at radius 2 is 1.85 bits per heavy atom. The number of amides is 1. The van der Waals surface area contributed by atoms with Crippen molar-refractivity contribution in [2.24, 2.45) is 0 Å². The second kappa shape index (κ2) is 7.60. The largest absolute Gasteiger partial charge is 0.456 e. The Hall–Kier alpha value is -2.18. The van der Waals surface area contributed by atoms with Gasteiger partial charge in [-0.3, -0.25) is 9.00 Å². The number of carbonyl (C=O) groups is 1. The van der Waals surface area contributed by atoms with Crippen LogP contribution in [0.2, 0.25) is 0 Å². The number of hydrogen-bond acceptors (Lipinski definition) is 4. The third-order valence-electron chi connectivity index (χ3n) is 4.82. The van der Waals surface area contributed by atoms with Gasteiger partial charge in [-0.1, -0.05) is 18.2 Å². The number of nitrogens with zero attached hydrogens (tertiary/aromatic N) is 1. The van der Waals surface area contributed by atoms with E-state index in [2.05, 4.69) is 10.2 Å². The second-order valence-corrected chi connectivity index (χ2v) is 8.10. The molecule has 0 aliphatic carbocycles. The molecule has 1 aliphatic heterocycles. The average Bonchev–Trinajstić information content (AvgIpc) is 3.28. The Morgan fingerprint density at radius 3 is 2.69 bits per heavy atom. The van der Waals surface area contributed by atoms with Gasteiger partial charge in [-0.05, 0) is 50.2 Å². The summed E-state index contributed by atoms with van der Waals surface area (Å²) >= 11 is 0. The maximum atomic E-state index is 12.6. The van der Waals surface area contributed by atoms with Crippen LogP contribution in [0, 0.1) is 0 Å². The molecular formula is C20H22N2O3S. The first kappa shape index (κ1) is 17.2. The van der Waals surface area contributed by atoms with Gasteiger partial charge in [0.15, 0.2) is 0 Å². The van der Waals surface area contributed by atoms with Crippen molar-refractivity contribution in [1.82, 2.24) is 10.2 Å². The van der Waals surface area contributed by atoms with Crippen LogP contribution in [0.15, 0.2) is 51.8 Å². The van der Waals surface area contributed by atoms with Gasteiger partial charge in [0.1, 0.15) is 16.9 Å². The molecule has 2 aromatic carbocycles. The zero-order valence-electron chi connectivity index (χ0n) is 14.6. The molecule has 1 saturated heterocycles. The van der Waals surface area contributed by atoms with Crippen molar-refractivity contribution < 1.29 is 13.4 Å². The number of nitrogens with one attached hydrogen (secondary N) is 1. The van der Waals surface area contributed by atoms with Crippen molar-refractivity contribution in [3.8, 4) is 0 Å². The van der Waals surface area contributed by atoms with Crippen LogP contribution in [-0.2, 0) is 15.6 Å². The molecule has 0 bridgehead atoms. The SMILES string of the molecule is O=C(CS(=O)c1ccc2oc3ccccc3c2c1)NCCN1CCCC1. The summed E-state index contributed by atoms with van der Waals surface area (Å²) in [5.74, 6) is -0.180. The van der Waals surface area contributed by atoms with Crippen molar-refractivity contribution >= 4 is 38.6 Å². The van der Waals surface area contributed by atoms with E-state index < -0.39 is 10.8 Å². The third-order valence-corrected chi connectivity index (χ3v) is 6.13. The number of hydrogen-bond donors (Lipinski definition) is 1. The summed E-state index contributed by atoms with van der Waals surface area (Å²) in [6.07, 6.45) is 2.48. The van der Waals surface area contributed by atoms with E-state index in [4.69, 9.17) is 4.42 Å². The number of para-hydroxylation sites is 1. The first-order valence-corrected chi connectivity index (χ1v) is 10.3. The normalized spacial score (nSPS) is 16.3. The molecule has 3 aromatic rings. The molecular weight excluding hydrogens is 348 g/mol. The molecule has 2 heterocycles. The summed E-state index contributed by atoms with van der Waals surface area (Å²) in [6.45, 7) is 3.70. The van der Waals surface area contributed by atoms with Gasteiger partial charge in [0.2, 0.25) is 5.91 Å². The quantitative estimate of drug-likeness (QED) is 0.725. The fraction of sp³-hybridized carbons (Fsp3) is 0.350. The van der Waals surface area contributed by atoms with Crippen LogP contribution >= 0.6 is 0 Å². The standard InChI is InChI=1S/C20H22N2O3S/c23-20(21-9-12-22-10-3-4-11-22)14-26(24)15-7-8-19-17(13-15)16-5-1-2-6-18(16)25-19/h1-2,5-8,13H,3-4,9-12,14H2,(H,21,23). The van der Waals surface area contributed by atoms with E-state index in [1.54, 1.807) is 6.07 Å². The maximum Gasteiger partial charge on any atom is 0.233 e. The Labute approximate surface area is 154 Å². The minimum absolute atomic E-state index is 0.0126. The predicted octanol–water partition coefficient (Wildman–Crippen LogP) is 2.91. The van der Waals surface area contributed by atoms with Crippen molar-refractivity contribution in [3.05, 3.63) is 42.5 Å². The van der Waals surface area contributed by atoms with Gasteiger partial charge < -0.3 is 14.6 Å². The van der Waals surface area contributed by atoms with Gasteiger partial charge in [-0.2, -0.15) is 0 Å². The summed E-state index contributed by atoms with van der Waals surface area (Å²) in [7, 11) is -1.37. The Balaban J connectivity index is 1.40. The molecule has 1 unspecified atom stereocenters. The van der Waals surface area contributed by atoms with Crippen LogP contribution in [0.4, 0.5) is 0 Å². The Kier molecular flexibility index (Phi) is 5.04. The van der Waals surface area contributed by atoms with Crippen LogP contribution in [-0.4, -0.2) is 46.9 Å². The second-order valence-electron chi connectivity index (χ2n) is 6.64. The van der Waals surface area contributed by atoms with Crippen molar-refractivity contribution in [2.45, 2.75) is 17.7 Å². The summed E-state index contributed by atoms with van der Waals surface area (Å²) in [4.78, 5) is 15.1. The van der Waals surface area contributed by atoms with E-state index in [9.17, 15) is 9.00 Å². The summed E-state index contributed by atoms with van der Waals surface area (Å²) in [5, 5.41) is 4.81. The summed E-state index contributed by atoms with van der Waals surface area (Å²) in [5.41, 5.74) is 1.58. The number of carbonyl (C=O) groups excluding carboxylic acids is 1. The molecule has 1 aromatic heterocycles. The van der Waals surface area contributed by atoms with E-state index >= 15 is 0 Å². The zero-order chi connectivity index (χ0) is 17.9. The predicted molar refractivity (Wildman–Crippen MR) is 104 cm³/mol. The Bertz CT molecular complexity index is 960. The monoisotopic (exact) mass is 370 g/mol. The van der Waals surface area contributed by atoms with Gasteiger partial charge in [0, 0.05) is 28.8 Å². The first-order chi connectivity index (χ1) is 12.7. The molecule has 1 aliphatic rings. The summed E-state index contributed by atoms with van der Waals surface area (Å²) in [6, 6.07) is 13.3. The highest BCUT2D eigenvalue weighted by atomic mass is 32.2.